The summed E-state index contributed by atoms with van der Waals surface area (Å²) in [5.74, 6) is -0.0783. The summed E-state index contributed by atoms with van der Waals surface area (Å²) in [6.45, 7) is 13.5. The molecule has 0 aliphatic heterocycles. The number of rotatable bonds is 3. The first-order valence-corrected chi connectivity index (χ1v) is 13.8. The third-order valence-electron chi connectivity index (χ3n) is 6.40. The van der Waals surface area contributed by atoms with Crippen LogP contribution in [0.4, 0.5) is 0 Å². The third-order valence-corrected chi connectivity index (χ3v) is 9.44. The van der Waals surface area contributed by atoms with E-state index in [-0.39, 0.29) is 16.2 Å². The van der Waals surface area contributed by atoms with Crippen molar-refractivity contribution in [2.75, 3.05) is 7.11 Å². The molecular formula is C25H40O5Ti. The number of hydrogen-bond acceptors (Lipinski definition) is 5. The summed E-state index contributed by atoms with van der Waals surface area (Å²) < 4.78 is 12.2. The summed E-state index contributed by atoms with van der Waals surface area (Å²) in [5, 5.41) is 8.25. The third kappa shape index (κ3) is 5.91. The minimum absolute atomic E-state index is 0.122. The zero-order chi connectivity index (χ0) is 23.6. The molecule has 0 spiro atoms. The fourth-order valence-corrected chi connectivity index (χ4v) is 8.50. The van der Waals surface area contributed by atoms with Crippen LogP contribution < -0.4 is 5.11 Å². The first kappa shape index (κ1) is 26.3. The van der Waals surface area contributed by atoms with Crippen LogP contribution in [-0.2, 0) is 34.9 Å². The molecule has 6 heteroatoms. The standard InChI is InChI=1S/C14H19.2C5H10O2.CH3O.Ti/c1-10-11-6-2-4-8-13(11)14-9-5-3-7-12(10)14;2*1-5(2,3)4(6)7;1-2;/h6,10H,2-5,7-9H2,1H3;2*1-3H3,(H,6,7);1H3;/q;;;-1;+3/p-2. The van der Waals surface area contributed by atoms with Gasteiger partial charge in [-0.05, 0) is 0 Å². The fraction of sp³-hybridized carbons (Fsp3) is 0.760. The molecule has 3 aliphatic rings. The molecule has 0 fully saturated rings. The van der Waals surface area contributed by atoms with Crippen molar-refractivity contribution in [3.8, 4) is 0 Å². The minimum atomic E-state index is -2.93. The summed E-state index contributed by atoms with van der Waals surface area (Å²) >= 11 is -2.93. The molecule has 0 saturated heterocycles. The second-order valence-corrected chi connectivity index (χ2v) is 13.6. The van der Waals surface area contributed by atoms with Gasteiger partial charge in [0.1, 0.15) is 0 Å². The van der Waals surface area contributed by atoms with E-state index in [1.807, 2.05) is 41.5 Å². The molecule has 0 amide bonds. The van der Waals surface area contributed by atoms with Crippen molar-refractivity contribution in [2.24, 2.45) is 16.7 Å². The molecule has 2 unspecified atom stereocenters. The molecule has 0 aromatic rings. The molecule has 31 heavy (non-hydrogen) atoms. The van der Waals surface area contributed by atoms with E-state index < -0.39 is 29.5 Å². The van der Waals surface area contributed by atoms with Gasteiger partial charge >= 0.3 is 183 Å². The maximum absolute atomic E-state index is 12.8. The minimum Gasteiger partial charge on any atom is -0.857 e. The molecule has 3 rings (SSSR count). The van der Waals surface area contributed by atoms with E-state index in [2.05, 4.69) is 6.92 Å². The van der Waals surface area contributed by atoms with E-state index in [1.54, 1.807) is 11.1 Å². The van der Waals surface area contributed by atoms with E-state index in [9.17, 15) is 9.59 Å². The van der Waals surface area contributed by atoms with E-state index in [4.69, 9.17) is 11.7 Å². The molecule has 0 N–H and O–H groups in total. The van der Waals surface area contributed by atoms with Gasteiger partial charge in [0.05, 0.1) is 0 Å². The molecular weight excluding hydrogens is 428 g/mol. The molecule has 2 atom stereocenters. The van der Waals surface area contributed by atoms with Crippen LogP contribution in [0.5, 0.6) is 0 Å². The van der Waals surface area contributed by atoms with Gasteiger partial charge in [0.2, 0.25) is 0 Å². The maximum atomic E-state index is 12.8. The Balaban J connectivity index is 0.00000166. The largest absolute Gasteiger partial charge is 0.857 e. The molecule has 0 heterocycles. The van der Waals surface area contributed by atoms with Gasteiger partial charge in [-0.1, -0.05) is 0 Å². The van der Waals surface area contributed by atoms with E-state index in [0.717, 1.165) is 26.4 Å². The average Bonchev–Trinajstić information content (AvgIpc) is 3.00. The number of allylic oxidation sites excluding steroid dienone is 4. The molecule has 0 saturated carbocycles. The Morgan fingerprint density at radius 3 is 1.84 bits per heavy atom. The van der Waals surface area contributed by atoms with Crippen molar-refractivity contribution in [1.82, 2.24) is 0 Å². The van der Waals surface area contributed by atoms with Gasteiger partial charge in [-0.25, -0.2) is 0 Å². The monoisotopic (exact) mass is 468 g/mol. The Morgan fingerprint density at radius 1 is 0.839 bits per heavy atom. The van der Waals surface area contributed by atoms with Gasteiger partial charge in [-0.15, -0.1) is 0 Å². The van der Waals surface area contributed by atoms with Gasteiger partial charge in [0.25, 0.3) is 0 Å². The molecule has 3 aliphatic carbocycles. The number of carbonyl (C=O) groups excluding carboxylic acids is 2. The first-order chi connectivity index (χ1) is 14.4. The molecule has 5 nitrogen and oxygen atoms in total. The van der Waals surface area contributed by atoms with Crippen LogP contribution in [0.1, 0.15) is 93.4 Å². The summed E-state index contributed by atoms with van der Waals surface area (Å²) in [5.41, 5.74) is 4.96. The van der Waals surface area contributed by atoms with Crippen LogP contribution in [0.15, 0.2) is 22.3 Å². The average molecular weight is 468 g/mol. The maximum Gasteiger partial charge on any atom is -0.153 e. The molecule has 0 radical (unpaired) electrons. The van der Waals surface area contributed by atoms with Crippen LogP contribution in [0, 0.1) is 16.7 Å². The van der Waals surface area contributed by atoms with Crippen LogP contribution in [0.25, 0.3) is 0 Å². The topological polar surface area (TPSA) is 75.7 Å². The smallest absolute Gasteiger partial charge is 0.153 e. The van der Waals surface area contributed by atoms with Gasteiger partial charge in [0.15, 0.2) is 0 Å². The zero-order valence-corrected chi connectivity index (χ0v) is 22.2. The van der Waals surface area contributed by atoms with E-state index >= 15 is 0 Å². The van der Waals surface area contributed by atoms with Gasteiger partial charge in [0, 0.05) is 0 Å². The van der Waals surface area contributed by atoms with Crippen LogP contribution >= 0.6 is 0 Å². The molecule has 0 aromatic heterocycles. The molecule has 0 aromatic carbocycles. The Hall–Kier alpha value is -0.906. The van der Waals surface area contributed by atoms with Crippen LogP contribution in [0.3, 0.4) is 0 Å². The Labute approximate surface area is 195 Å². The number of fused-ring (bicyclic) bond motifs is 1. The first-order valence-electron chi connectivity index (χ1n) is 11.6. The van der Waals surface area contributed by atoms with Crippen molar-refractivity contribution in [1.29, 1.82) is 0 Å². The summed E-state index contributed by atoms with van der Waals surface area (Å²) in [6.07, 6.45) is 8.10. The van der Waals surface area contributed by atoms with Crippen molar-refractivity contribution in [3.63, 3.8) is 0 Å². The van der Waals surface area contributed by atoms with Crippen molar-refractivity contribution in [2.45, 2.75) is 97.6 Å². The second kappa shape index (κ2) is 10.4. The Bertz CT molecular complexity index is 723. The zero-order valence-electron chi connectivity index (χ0n) is 20.6. The summed E-state index contributed by atoms with van der Waals surface area (Å²) in [6, 6.07) is 0. The number of carbonyl (C=O) groups is 2. The van der Waals surface area contributed by atoms with E-state index in [0.29, 0.717) is 5.92 Å². The van der Waals surface area contributed by atoms with Crippen molar-refractivity contribution >= 4 is 11.9 Å². The van der Waals surface area contributed by atoms with E-state index in [1.165, 1.54) is 36.8 Å². The number of hydrogen-bond donors (Lipinski definition) is 0. The predicted molar refractivity (Wildman–Crippen MR) is 116 cm³/mol. The van der Waals surface area contributed by atoms with Gasteiger partial charge in [-0.3, -0.25) is 0 Å². The quantitative estimate of drug-likeness (QED) is 0.520. The normalized spacial score (nSPS) is 23.4. The predicted octanol–water partition coefficient (Wildman–Crippen LogP) is 5.38. The van der Waals surface area contributed by atoms with Gasteiger partial charge in [-0.2, -0.15) is 7.11 Å². The molecule has 174 valence electrons. The molecule has 0 bridgehead atoms. The van der Waals surface area contributed by atoms with Crippen molar-refractivity contribution < 1.29 is 40.0 Å². The van der Waals surface area contributed by atoms with Crippen LogP contribution in [0.2, 0.25) is 4.22 Å². The Kier molecular flexibility index (Phi) is 8.80. The summed E-state index contributed by atoms with van der Waals surface area (Å²) in [7, 11) is 0.750. The van der Waals surface area contributed by atoms with Gasteiger partial charge < -0.3 is 5.11 Å². The Morgan fingerprint density at radius 2 is 1.32 bits per heavy atom. The second-order valence-electron chi connectivity index (χ2n) is 10.9. The summed E-state index contributed by atoms with van der Waals surface area (Å²) in [4.78, 5) is 25.6. The fourth-order valence-electron chi connectivity index (χ4n) is 4.72. The van der Waals surface area contributed by atoms with Crippen LogP contribution in [-0.4, -0.2) is 19.0 Å². The SMILES string of the molecule is CC1C2=C(CCCC2)C2=C1[CH]([Ti+]([O]C(=O)C(C)(C)C)[O]C(=O)C(C)(C)C)CCC2.C[O-]. The van der Waals surface area contributed by atoms with Crippen molar-refractivity contribution in [3.05, 3.63) is 22.3 Å².